The molecule has 0 aliphatic carbocycles. The molecule has 3 aromatic rings. The summed E-state index contributed by atoms with van der Waals surface area (Å²) in [5.74, 6) is 3.19. The number of rotatable bonds is 9. The second-order valence-corrected chi connectivity index (χ2v) is 6.19. The summed E-state index contributed by atoms with van der Waals surface area (Å²) in [5, 5.41) is 7.48. The van der Waals surface area contributed by atoms with Gasteiger partial charge in [0.15, 0.2) is 11.5 Å². The summed E-state index contributed by atoms with van der Waals surface area (Å²) in [4.78, 5) is 13.1. The molecule has 2 aromatic heterocycles. The van der Waals surface area contributed by atoms with E-state index < -0.39 is 0 Å². The fourth-order valence-electron chi connectivity index (χ4n) is 2.89. The van der Waals surface area contributed by atoms with Gasteiger partial charge in [0.2, 0.25) is 5.75 Å². The lowest BCUT2D eigenvalue weighted by atomic mass is 10.2. The highest BCUT2D eigenvalue weighted by Crippen LogP contribution is 2.43. The number of ether oxygens (including phenoxy) is 3. The minimum Gasteiger partial charge on any atom is -0.493 e. The van der Waals surface area contributed by atoms with Gasteiger partial charge in [-0.15, -0.1) is 0 Å². The van der Waals surface area contributed by atoms with Crippen molar-refractivity contribution >= 4 is 22.5 Å². The van der Waals surface area contributed by atoms with Crippen molar-refractivity contribution in [3.63, 3.8) is 0 Å². The van der Waals surface area contributed by atoms with E-state index in [2.05, 4.69) is 25.6 Å². The Balaban J connectivity index is 1.70. The van der Waals surface area contributed by atoms with Crippen LogP contribution in [0.3, 0.4) is 0 Å². The van der Waals surface area contributed by atoms with Crippen LogP contribution in [0.25, 0.3) is 10.9 Å². The molecule has 2 heterocycles. The molecule has 0 unspecified atom stereocenters. The zero-order chi connectivity index (χ0) is 19.9. The summed E-state index contributed by atoms with van der Waals surface area (Å²) in [6, 6.07) is 5.87. The molecule has 2 N–H and O–H groups in total. The number of anilines is 2. The van der Waals surface area contributed by atoms with Gasteiger partial charge in [-0.1, -0.05) is 6.07 Å². The van der Waals surface area contributed by atoms with Crippen LogP contribution in [0, 0.1) is 6.92 Å². The number of pyridine rings is 1. The van der Waals surface area contributed by atoms with Crippen LogP contribution < -0.4 is 24.8 Å². The Morgan fingerprint density at radius 2 is 1.68 bits per heavy atom. The van der Waals surface area contributed by atoms with Gasteiger partial charge in [0.25, 0.3) is 0 Å². The first kappa shape index (κ1) is 19.5. The van der Waals surface area contributed by atoms with Gasteiger partial charge in [-0.3, -0.25) is 0 Å². The van der Waals surface area contributed by atoms with E-state index >= 15 is 0 Å². The first-order valence-electron chi connectivity index (χ1n) is 9.02. The Morgan fingerprint density at radius 3 is 2.36 bits per heavy atom. The summed E-state index contributed by atoms with van der Waals surface area (Å²) in [6.45, 7) is 3.56. The van der Waals surface area contributed by atoms with E-state index in [9.17, 15) is 0 Å². The molecule has 0 saturated heterocycles. The monoisotopic (exact) mass is 383 g/mol. The van der Waals surface area contributed by atoms with Gasteiger partial charge >= 0.3 is 0 Å². The number of hydrogen-bond donors (Lipinski definition) is 2. The third kappa shape index (κ3) is 4.16. The van der Waals surface area contributed by atoms with Gasteiger partial charge in [-0.25, -0.2) is 15.0 Å². The molecule has 0 fully saturated rings. The summed E-state index contributed by atoms with van der Waals surface area (Å²) in [5.41, 5.74) is 1.81. The zero-order valence-electron chi connectivity index (χ0n) is 16.6. The molecule has 148 valence electrons. The molecule has 0 bridgehead atoms. The largest absolute Gasteiger partial charge is 0.493 e. The van der Waals surface area contributed by atoms with Crippen LogP contribution in [0.5, 0.6) is 17.2 Å². The van der Waals surface area contributed by atoms with Crippen LogP contribution >= 0.6 is 0 Å². The predicted octanol–water partition coefficient (Wildman–Crippen LogP) is 3.27. The van der Waals surface area contributed by atoms with Gasteiger partial charge in [-0.05, 0) is 31.0 Å². The molecule has 3 rings (SSSR count). The number of nitrogens with zero attached hydrogens (tertiary/aromatic N) is 3. The molecule has 8 heteroatoms. The highest BCUT2D eigenvalue weighted by Gasteiger charge is 2.19. The molecule has 0 saturated carbocycles. The molecule has 0 spiro atoms. The molecule has 0 amide bonds. The van der Waals surface area contributed by atoms with Crippen LogP contribution in [0.2, 0.25) is 0 Å². The number of fused-ring (bicyclic) bond motifs is 1. The second kappa shape index (κ2) is 9.07. The van der Waals surface area contributed by atoms with Crippen molar-refractivity contribution in [2.75, 3.05) is 45.1 Å². The number of aryl methyl sites for hydroxylation is 1. The van der Waals surface area contributed by atoms with E-state index in [1.54, 1.807) is 21.3 Å². The number of benzene rings is 1. The topological polar surface area (TPSA) is 90.4 Å². The molecule has 8 nitrogen and oxygen atoms in total. The van der Waals surface area contributed by atoms with E-state index in [1.807, 2.05) is 31.3 Å². The number of nitrogens with one attached hydrogen (secondary N) is 2. The first-order valence-corrected chi connectivity index (χ1v) is 9.02. The number of methoxy groups -OCH3 is 3. The molecular formula is C20H25N5O3. The van der Waals surface area contributed by atoms with Gasteiger partial charge < -0.3 is 24.8 Å². The maximum atomic E-state index is 5.51. The van der Waals surface area contributed by atoms with Gasteiger partial charge in [0.1, 0.15) is 23.5 Å². The highest BCUT2D eigenvalue weighted by molar-refractivity contribution is 5.96. The van der Waals surface area contributed by atoms with E-state index in [0.717, 1.165) is 42.1 Å². The minimum absolute atomic E-state index is 0.511. The lowest BCUT2D eigenvalue weighted by molar-refractivity contribution is 0.327. The highest BCUT2D eigenvalue weighted by atomic mass is 16.5. The fraction of sp³-hybridized carbons (Fsp3) is 0.350. The smallest absolute Gasteiger partial charge is 0.205 e. The molecule has 0 aliphatic rings. The maximum Gasteiger partial charge on any atom is 0.205 e. The van der Waals surface area contributed by atoms with Crippen molar-refractivity contribution < 1.29 is 14.2 Å². The minimum atomic E-state index is 0.511. The lowest BCUT2D eigenvalue weighted by Crippen LogP contribution is -2.11. The fourth-order valence-corrected chi connectivity index (χ4v) is 2.89. The Bertz CT molecular complexity index is 931. The maximum absolute atomic E-state index is 5.51. The van der Waals surface area contributed by atoms with Crippen molar-refractivity contribution in [1.29, 1.82) is 0 Å². The van der Waals surface area contributed by atoms with Crippen LogP contribution in [-0.2, 0) is 0 Å². The van der Waals surface area contributed by atoms with Crippen LogP contribution in [-0.4, -0.2) is 49.4 Å². The third-order valence-corrected chi connectivity index (χ3v) is 4.30. The average Bonchev–Trinajstić information content (AvgIpc) is 2.73. The summed E-state index contributed by atoms with van der Waals surface area (Å²) in [6.07, 6.45) is 4.25. The van der Waals surface area contributed by atoms with Gasteiger partial charge in [-0.2, -0.15) is 0 Å². The molecule has 28 heavy (non-hydrogen) atoms. The third-order valence-electron chi connectivity index (χ3n) is 4.30. The standard InChI is InChI=1S/C20H25N5O3/c1-13-6-7-16(23-11-13)21-8-5-9-22-20-14-10-15(26-2)18(27-3)19(28-4)17(14)24-12-25-20/h6-7,10-12H,5,8-9H2,1-4H3,(H,21,23)(H,22,24,25). The van der Waals surface area contributed by atoms with Gasteiger partial charge in [0, 0.05) is 19.3 Å². The van der Waals surface area contributed by atoms with Crippen molar-refractivity contribution in [2.24, 2.45) is 0 Å². The van der Waals surface area contributed by atoms with Crippen molar-refractivity contribution in [1.82, 2.24) is 15.0 Å². The van der Waals surface area contributed by atoms with E-state index in [0.29, 0.717) is 22.8 Å². The zero-order valence-corrected chi connectivity index (χ0v) is 16.6. The Kier molecular flexibility index (Phi) is 6.31. The lowest BCUT2D eigenvalue weighted by Gasteiger charge is -2.16. The quantitative estimate of drug-likeness (QED) is 0.544. The Morgan fingerprint density at radius 1 is 0.893 bits per heavy atom. The first-order chi connectivity index (χ1) is 13.7. The van der Waals surface area contributed by atoms with E-state index in [-0.39, 0.29) is 0 Å². The average molecular weight is 383 g/mol. The van der Waals surface area contributed by atoms with Crippen LogP contribution in [0.4, 0.5) is 11.6 Å². The molecule has 1 aromatic carbocycles. The van der Waals surface area contributed by atoms with E-state index in [4.69, 9.17) is 14.2 Å². The van der Waals surface area contributed by atoms with Crippen LogP contribution in [0.1, 0.15) is 12.0 Å². The Hall–Kier alpha value is -3.29. The second-order valence-electron chi connectivity index (χ2n) is 6.19. The van der Waals surface area contributed by atoms with Crippen molar-refractivity contribution in [2.45, 2.75) is 13.3 Å². The SMILES string of the molecule is COc1cc2c(NCCCNc3ccc(C)cn3)ncnc2c(OC)c1OC. The number of aromatic nitrogens is 3. The summed E-state index contributed by atoms with van der Waals surface area (Å²) in [7, 11) is 4.74. The van der Waals surface area contributed by atoms with Crippen molar-refractivity contribution in [3.05, 3.63) is 36.3 Å². The molecule has 0 atom stereocenters. The summed E-state index contributed by atoms with van der Waals surface area (Å²) < 4.78 is 16.4. The van der Waals surface area contributed by atoms with E-state index in [1.165, 1.54) is 6.33 Å². The molecular weight excluding hydrogens is 358 g/mol. The van der Waals surface area contributed by atoms with Crippen LogP contribution in [0.15, 0.2) is 30.7 Å². The molecule has 0 radical (unpaired) electrons. The normalized spacial score (nSPS) is 10.6. The number of hydrogen-bond acceptors (Lipinski definition) is 8. The Labute approximate surface area is 164 Å². The van der Waals surface area contributed by atoms with Gasteiger partial charge in [0.05, 0.1) is 26.7 Å². The van der Waals surface area contributed by atoms with Crippen molar-refractivity contribution in [3.8, 4) is 17.2 Å². The predicted molar refractivity (Wildman–Crippen MR) is 110 cm³/mol. The summed E-state index contributed by atoms with van der Waals surface area (Å²) >= 11 is 0. The molecule has 0 aliphatic heterocycles.